The molecule has 6 nitrogen and oxygen atoms in total. The van der Waals surface area contributed by atoms with Crippen molar-refractivity contribution in [1.29, 1.82) is 0 Å². The number of rotatable bonds is 4. The van der Waals surface area contributed by atoms with Crippen LogP contribution in [0.25, 0.3) is 88.1 Å². The van der Waals surface area contributed by atoms with Gasteiger partial charge in [-0.25, -0.2) is 9.97 Å². The third-order valence-electron chi connectivity index (χ3n) is 9.96. The Labute approximate surface area is 306 Å². The topological polar surface area (TPSA) is 56.7 Å². The Bertz CT molecular complexity index is 3150. The van der Waals surface area contributed by atoms with Gasteiger partial charge in [-0.1, -0.05) is 101 Å². The van der Waals surface area contributed by atoms with E-state index in [1.54, 1.807) is 0 Å². The summed E-state index contributed by atoms with van der Waals surface area (Å²) in [5, 5.41) is 7.50. The SMILES string of the molecule is Cc1ccccc1-c1cn2c(n1)c1[c-]c(Oc3[c-]c4c(cc3)c3cccc5c6c(-c7ccccc7)ccnc6n4c35)ccc1c1cccnc12.[Pt+2]. The summed E-state index contributed by atoms with van der Waals surface area (Å²) in [6.45, 7) is 2.11. The molecule has 11 rings (SSSR count). The molecule has 0 amide bonds. The van der Waals surface area contributed by atoms with E-state index < -0.39 is 0 Å². The van der Waals surface area contributed by atoms with Crippen LogP contribution in [0.2, 0.25) is 0 Å². The molecule has 0 saturated carbocycles. The Kier molecular flexibility index (Phi) is 6.55. The molecular formula is C44H25N5OPt. The second kappa shape index (κ2) is 11.2. The van der Waals surface area contributed by atoms with E-state index in [0.717, 1.165) is 71.7 Å². The van der Waals surface area contributed by atoms with Gasteiger partial charge in [-0.15, -0.1) is 29.7 Å². The van der Waals surface area contributed by atoms with Crippen molar-refractivity contribution < 1.29 is 25.8 Å². The normalized spacial score (nSPS) is 11.9. The number of hydrogen-bond donors (Lipinski definition) is 0. The average Bonchev–Trinajstić information content (AvgIpc) is 3.86. The van der Waals surface area contributed by atoms with Crippen LogP contribution in [0.15, 0.2) is 134 Å². The van der Waals surface area contributed by atoms with Crippen LogP contribution in [0.5, 0.6) is 11.5 Å². The first-order chi connectivity index (χ1) is 24.7. The first-order valence-corrected chi connectivity index (χ1v) is 16.6. The molecule has 11 aromatic rings. The van der Waals surface area contributed by atoms with E-state index in [1.807, 2.05) is 48.8 Å². The third kappa shape index (κ3) is 4.30. The molecule has 242 valence electrons. The van der Waals surface area contributed by atoms with Crippen LogP contribution < -0.4 is 4.74 Å². The van der Waals surface area contributed by atoms with Crippen molar-refractivity contribution in [3.63, 3.8) is 0 Å². The van der Waals surface area contributed by atoms with Gasteiger partial charge in [0.15, 0.2) is 0 Å². The Hall–Kier alpha value is -6.10. The van der Waals surface area contributed by atoms with Crippen molar-refractivity contribution >= 4 is 65.7 Å². The van der Waals surface area contributed by atoms with Gasteiger partial charge in [0.2, 0.25) is 0 Å². The summed E-state index contributed by atoms with van der Waals surface area (Å²) in [4.78, 5) is 14.8. The number of benzene rings is 5. The van der Waals surface area contributed by atoms with Crippen molar-refractivity contribution in [2.24, 2.45) is 0 Å². The fraction of sp³-hybridized carbons (Fsp3) is 0.0227. The van der Waals surface area contributed by atoms with Gasteiger partial charge in [0, 0.05) is 51.9 Å². The molecular weight excluding hydrogens is 810 g/mol. The van der Waals surface area contributed by atoms with Crippen LogP contribution in [0, 0.1) is 19.1 Å². The maximum atomic E-state index is 6.56. The smallest absolute Gasteiger partial charge is 0.503 e. The fourth-order valence-electron chi connectivity index (χ4n) is 7.75. The quantitative estimate of drug-likeness (QED) is 0.131. The van der Waals surface area contributed by atoms with Gasteiger partial charge in [-0.2, -0.15) is 6.07 Å². The molecule has 0 bridgehead atoms. The maximum absolute atomic E-state index is 6.56. The van der Waals surface area contributed by atoms with E-state index in [9.17, 15) is 0 Å². The largest absolute Gasteiger partial charge is 2.00 e. The molecule has 51 heavy (non-hydrogen) atoms. The van der Waals surface area contributed by atoms with Crippen molar-refractivity contribution in [2.75, 3.05) is 0 Å². The zero-order chi connectivity index (χ0) is 32.9. The molecule has 6 heterocycles. The molecule has 0 aliphatic carbocycles. The van der Waals surface area contributed by atoms with Crippen LogP contribution in [-0.2, 0) is 21.1 Å². The van der Waals surface area contributed by atoms with Crippen molar-refractivity contribution in [1.82, 2.24) is 23.8 Å². The molecule has 0 aliphatic rings. The summed E-state index contributed by atoms with van der Waals surface area (Å²) in [6, 6.07) is 46.8. The average molecular weight is 835 g/mol. The van der Waals surface area contributed by atoms with Gasteiger partial charge in [-0.3, -0.25) is 4.98 Å². The molecule has 5 aromatic carbocycles. The summed E-state index contributed by atoms with van der Waals surface area (Å²) in [5.41, 5.74) is 10.1. The van der Waals surface area contributed by atoms with Crippen molar-refractivity contribution in [3.8, 4) is 33.9 Å². The molecule has 0 fully saturated rings. The molecule has 0 radical (unpaired) electrons. The van der Waals surface area contributed by atoms with Gasteiger partial charge < -0.3 is 13.5 Å². The zero-order valence-corrected chi connectivity index (χ0v) is 29.4. The van der Waals surface area contributed by atoms with E-state index in [4.69, 9.17) is 19.7 Å². The summed E-state index contributed by atoms with van der Waals surface area (Å²) < 4.78 is 10.9. The fourth-order valence-corrected chi connectivity index (χ4v) is 7.75. The minimum absolute atomic E-state index is 0. The van der Waals surface area contributed by atoms with E-state index in [0.29, 0.717) is 11.5 Å². The van der Waals surface area contributed by atoms with Gasteiger partial charge >= 0.3 is 21.1 Å². The van der Waals surface area contributed by atoms with Gasteiger partial charge in [-0.05, 0) is 46.5 Å². The molecule has 6 aromatic heterocycles. The van der Waals surface area contributed by atoms with E-state index in [1.165, 1.54) is 21.9 Å². The number of imidazole rings is 1. The zero-order valence-electron chi connectivity index (χ0n) is 27.2. The van der Waals surface area contributed by atoms with Gasteiger partial charge in [0.05, 0.1) is 11.3 Å². The van der Waals surface area contributed by atoms with E-state index >= 15 is 0 Å². The third-order valence-corrected chi connectivity index (χ3v) is 9.96. The number of hydrogen-bond acceptors (Lipinski definition) is 4. The Morgan fingerprint density at radius 2 is 1.35 bits per heavy atom. The monoisotopic (exact) mass is 834 g/mol. The second-order valence-electron chi connectivity index (χ2n) is 12.8. The predicted molar refractivity (Wildman–Crippen MR) is 200 cm³/mol. The second-order valence-corrected chi connectivity index (χ2v) is 12.8. The van der Waals surface area contributed by atoms with Crippen LogP contribution >= 0.6 is 0 Å². The van der Waals surface area contributed by atoms with E-state index in [-0.39, 0.29) is 21.1 Å². The summed E-state index contributed by atoms with van der Waals surface area (Å²) >= 11 is 0. The number of pyridine rings is 3. The molecule has 0 spiro atoms. The molecule has 0 unspecified atom stereocenters. The summed E-state index contributed by atoms with van der Waals surface area (Å²) in [7, 11) is 0. The van der Waals surface area contributed by atoms with Crippen LogP contribution in [0.3, 0.4) is 0 Å². The minimum atomic E-state index is 0. The minimum Gasteiger partial charge on any atom is -0.503 e. The molecule has 0 atom stereocenters. The maximum Gasteiger partial charge on any atom is 2.00 e. The first-order valence-electron chi connectivity index (χ1n) is 16.6. The molecule has 0 N–H and O–H groups in total. The van der Waals surface area contributed by atoms with Crippen LogP contribution in [0.4, 0.5) is 0 Å². The Morgan fingerprint density at radius 1 is 0.588 bits per heavy atom. The number of nitrogens with zero attached hydrogens (tertiary/aromatic N) is 5. The predicted octanol–water partition coefficient (Wildman–Crippen LogP) is 10.6. The number of aromatic nitrogens is 5. The Balaban J connectivity index is 0.00000327. The molecule has 0 saturated heterocycles. The molecule has 7 heteroatoms. The van der Waals surface area contributed by atoms with Crippen LogP contribution in [0.1, 0.15) is 5.56 Å². The number of para-hydroxylation sites is 1. The molecule has 0 aliphatic heterocycles. The van der Waals surface area contributed by atoms with Gasteiger partial charge in [0.25, 0.3) is 0 Å². The number of aryl methyl sites for hydroxylation is 1. The standard InChI is InChI=1S/C44H25N5O.Pt/c1-26-9-5-6-12-30(26)38-25-48-42-35(15-8-21-45-42)32-18-16-28(23-37(32)43(48)47-38)50-29-17-19-33-34-13-7-14-36-40-31(27-10-3-2-4-11-27)20-22-46-44(40)49(41(34)36)39(33)24-29;/h2-22,25H,1H3;/q-2;+2. The van der Waals surface area contributed by atoms with E-state index in [2.05, 4.69) is 113 Å². The Morgan fingerprint density at radius 3 is 2.24 bits per heavy atom. The number of ether oxygens (including phenoxy) is 1. The van der Waals surface area contributed by atoms with Crippen molar-refractivity contribution in [3.05, 3.63) is 152 Å². The van der Waals surface area contributed by atoms with Crippen LogP contribution in [-0.4, -0.2) is 23.8 Å². The van der Waals surface area contributed by atoms with Crippen molar-refractivity contribution in [2.45, 2.75) is 6.92 Å². The summed E-state index contributed by atoms with van der Waals surface area (Å²) in [6.07, 6.45) is 5.79. The van der Waals surface area contributed by atoms with Gasteiger partial charge in [0.1, 0.15) is 11.3 Å². The first kappa shape index (κ1) is 29.8. The number of fused-ring (bicyclic) bond motifs is 12. The summed E-state index contributed by atoms with van der Waals surface area (Å²) in [5.74, 6) is 1.19.